The predicted molar refractivity (Wildman–Crippen MR) is 76.1 cm³/mol. The van der Waals surface area contributed by atoms with E-state index in [-0.39, 0.29) is 25.4 Å². The lowest BCUT2D eigenvalue weighted by atomic mass is 9.77. The molecule has 2 fully saturated rings. The fraction of sp³-hybridized carbons (Fsp3) is 0.500. The summed E-state index contributed by atoms with van der Waals surface area (Å²) >= 11 is 0. The van der Waals surface area contributed by atoms with Crippen molar-refractivity contribution in [2.24, 2.45) is 5.41 Å². The Bertz CT molecular complexity index is 641. The molecule has 2 aliphatic rings. The number of nitrogens with one attached hydrogen (secondary N) is 1. The average Bonchev–Trinajstić information content (AvgIpc) is 2.77. The summed E-state index contributed by atoms with van der Waals surface area (Å²) in [5, 5.41) is 11.8. The summed E-state index contributed by atoms with van der Waals surface area (Å²) in [6, 6.07) is 9.07. The summed E-state index contributed by atoms with van der Waals surface area (Å²) in [6.07, 6.45) is 0.0556. The molecule has 116 valence electrons. The van der Waals surface area contributed by atoms with Crippen molar-refractivity contribution >= 4 is 5.91 Å². The van der Waals surface area contributed by atoms with Crippen molar-refractivity contribution in [1.29, 1.82) is 5.26 Å². The van der Waals surface area contributed by atoms with Crippen molar-refractivity contribution in [2.45, 2.75) is 25.3 Å². The number of hydrogen-bond acceptors (Lipinski definition) is 3. The van der Waals surface area contributed by atoms with Crippen LogP contribution >= 0.6 is 0 Å². The standard InChI is InChI=1S/C16H17F2N3O/c17-16(18)9-15(5-6-20-14(15)22)10-21(11-16)8-13-4-2-1-3-12(13)7-19/h1-4H,5-6,8-11H2,(H,20,22)/t15-/m1/s1. The number of nitrogens with zero attached hydrogens (tertiary/aromatic N) is 2. The van der Waals surface area contributed by atoms with Crippen LogP contribution < -0.4 is 5.32 Å². The van der Waals surface area contributed by atoms with E-state index in [4.69, 9.17) is 5.26 Å². The van der Waals surface area contributed by atoms with Gasteiger partial charge in [-0.3, -0.25) is 9.69 Å². The Balaban J connectivity index is 1.85. The number of carbonyl (C=O) groups excluding carboxylic acids is 1. The maximum absolute atomic E-state index is 14.1. The molecule has 2 aliphatic heterocycles. The van der Waals surface area contributed by atoms with Gasteiger partial charge in [-0.25, -0.2) is 8.78 Å². The van der Waals surface area contributed by atoms with E-state index in [1.807, 2.05) is 0 Å². The molecule has 1 amide bonds. The van der Waals surface area contributed by atoms with Crippen LogP contribution in [0, 0.1) is 16.7 Å². The molecular formula is C16H17F2N3O. The molecule has 0 saturated carbocycles. The predicted octanol–water partition coefficient (Wildman–Crippen LogP) is 1.91. The molecule has 2 saturated heterocycles. The Kier molecular flexibility index (Phi) is 3.61. The van der Waals surface area contributed by atoms with E-state index in [9.17, 15) is 13.6 Å². The Morgan fingerprint density at radius 1 is 1.32 bits per heavy atom. The third-order valence-corrected chi connectivity index (χ3v) is 4.48. The second-order valence-corrected chi connectivity index (χ2v) is 6.23. The van der Waals surface area contributed by atoms with Crippen molar-refractivity contribution < 1.29 is 13.6 Å². The fourth-order valence-electron chi connectivity index (χ4n) is 3.57. The molecule has 0 bridgehead atoms. The smallest absolute Gasteiger partial charge is 0.261 e. The van der Waals surface area contributed by atoms with Gasteiger partial charge in [-0.15, -0.1) is 0 Å². The van der Waals surface area contributed by atoms with E-state index in [1.165, 1.54) is 0 Å². The molecule has 0 aromatic heterocycles. The summed E-state index contributed by atoms with van der Waals surface area (Å²) in [6.45, 7) is 0.655. The van der Waals surface area contributed by atoms with Crippen LogP contribution in [-0.4, -0.2) is 36.4 Å². The molecule has 0 radical (unpaired) electrons. The largest absolute Gasteiger partial charge is 0.356 e. The van der Waals surface area contributed by atoms with Crippen LogP contribution in [0.1, 0.15) is 24.0 Å². The zero-order chi connectivity index (χ0) is 15.8. The molecule has 1 aromatic rings. The molecule has 3 rings (SSSR count). The van der Waals surface area contributed by atoms with E-state index in [0.717, 1.165) is 5.56 Å². The number of nitriles is 1. The zero-order valence-electron chi connectivity index (χ0n) is 12.1. The summed E-state index contributed by atoms with van der Waals surface area (Å²) in [5.41, 5.74) is 0.209. The number of halogens is 2. The van der Waals surface area contributed by atoms with Gasteiger partial charge in [0, 0.05) is 26.1 Å². The van der Waals surface area contributed by atoms with Crippen LogP contribution in [0.15, 0.2) is 24.3 Å². The number of rotatable bonds is 2. The number of alkyl halides is 2. The van der Waals surface area contributed by atoms with Gasteiger partial charge in [0.2, 0.25) is 5.91 Å². The monoisotopic (exact) mass is 305 g/mol. The highest BCUT2D eigenvalue weighted by molar-refractivity contribution is 5.85. The third kappa shape index (κ3) is 2.69. The number of benzene rings is 1. The van der Waals surface area contributed by atoms with Gasteiger partial charge in [0.25, 0.3) is 5.92 Å². The average molecular weight is 305 g/mol. The first-order valence-corrected chi connectivity index (χ1v) is 7.31. The molecule has 0 aliphatic carbocycles. The van der Waals surface area contributed by atoms with E-state index in [1.54, 1.807) is 29.2 Å². The summed E-state index contributed by atoms with van der Waals surface area (Å²) in [4.78, 5) is 13.6. The van der Waals surface area contributed by atoms with Crippen LogP contribution in [0.3, 0.4) is 0 Å². The minimum Gasteiger partial charge on any atom is -0.356 e. The van der Waals surface area contributed by atoms with Crippen LogP contribution in [0.5, 0.6) is 0 Å². The minimum atomic E-state index is -2.89. The first-order valence-electron chi connectivity index (χ1n) is 7.31. The van der Waals surface area contributed by atoms with Gasteiger partial charge >= 0.3 is 0 Å². The number of hydrogen-bond donors (Lipinski definition) is 1. The Hall–Kier alpha value is -2.00. The van der Waals surface area contributed by atoms with Crippen molar-refractivity contribution in [2.75, 3.05) is 19.6 Å². The first-order chi connectivity index (χ1) is 10.4. The second-order valence-electron chi connectivity index (χ2n) is 6.23. The van der Waals surface area contributed by atoms with Crippen molar-refractivity contribution in [3.63, 3.8) is 0 Å². The van der Waals surface area contributed by atoms with E-state index >= 15 is 0 Å². The van der Waals surface area contributed by atoms with E-state index in [0.29, 0.717) is 25.1 Å². The molecule has 1 atom stereocenters. The Labute approximate surface area is 127 Å². The minimum absolute atomic E-state index is 0.258. The molecule has 1 spiro atoms. The maximum Gasteiger partial charge on any atom is 0.261 e. The van der Waals surface area contributed by atoms with Crippen LogP contribution in [0.25, 0.3) is 0 Å². The highest BCUT2D eigenvalue weighted by atomic mass is 19.3. The zero-order valence-corrected chi connectivity index (χ0v) is 12.1. The van der Waals surface area contributed by atoms with Gasteiger partial charge in [-0.2, -0.15) is 5.26 Å². The lowest BCUT2D eigenvalue weighted by Gasteiger charge is -2.42. The molecule has 1 N–H and O–H groups in total. The van der Waals surface area contributed by atoms with Gasteiger partial charge in [-0.05, 0) is 18.1 Å². The molecule has 6 heteroatoms. The van der Waals surface area contributed by atoms with Gasteiger partial charge in [-0.1, -0.05) is 18.2 Å². The quantitative estimate of drug-likeness (QED) is 0.908. The molecule has 1 aromatic carbocycles. The van der Waals surface area contributed by atoms with E-state index < -0.39 is 11.3 Å². The highest BCUT2D eigenvalue weighted by Gasteiger charge is 2.54. The van der Waals surface area contributed by atoms with Crippen molar-refractivity contribution in [3.8, 4) is 6.07 Å². The SMILES string of the molecule is N#Cc1ccccc1CN1CC(F)(F)C[C@]2(CCNC2=O)C1. The van der Waals surface area contributed by atoms with Gasteiger partial charge in [0.1, 0.15) is 0 Å². The fourth-order valence-corrected chi connectivity index (χ4v) is 3.57. The second kappa shape index (κ2) is 5.33. The highest BCUT2D eigenvalue weighted by Crippen LogP contribution is 2.43. The Morgan fingerprint density at radius 2 is 2.09 bits per heavy atom. The van der Waals surface area contributed by atoms with Crippen molar-refractivity contribution in [3.05, 3.63) is 35.4 Å². The van der Waals surface area contributed by atoms with Crippen LogP contribution in [0.2, 0.25) is 0 Å². The normalized spacial score (nSPS) is 27.6. The van der Waals surface area contributed by atoms with Crippen LogP contribution in [-0.2, 0) is 11.3 Å². The molecule has 4 nitrogen and oxygen atoms in total. The first kappa shape index (κ1) is 14.9. The Morgan fingerprint density at radius 3 is 2.77 bits per heavy atom. The van der Waals surface area contributed by atoms with Crippen molar-refractivity contribution in [1.82, 2.24) is 10.2 Å². The van der Waals surface area contributed by atoms with Crippen LogP contribution in [0.4, 0.5) is 8.78 Å². The third-order valence-electron chi connectivity index (χ3n) is 4.48. The topological polar surface area (TPSA) is 56.1 Å². The van der Waals surface area contributed by atoms with E-state index in [2.05, 4.69) is 11.4 Å². The maximum atomic E-state index is 14.1. The van der Waals surface area contributed by atoms with Gasteiger partial charge in [0.15, 0.2) is 0 Å². The molecule has 22 heavy (non-hydrogen) atoms. The lowest BCUT2D eigenvalue weighted by Crippen LogP contribution is -2.54. The molecular weight excluding hydrogens is 288 g/mol. The van der Waals surface area contributed by atoms with Gasteiger partial charge < -0.3 is 5.32 Å². The number of amides is 1. The lowest BCUT2D eigenvalue weighted by molar-refractivity contribution is -0.149. The summed E-state index contributed by atoms with van der Waals surface area (Å²) in [7, 11) is 0. The number of likely N-dealkylation sites (tertiary alicyclic amines) is 1. The number of piperidine rings is 1. The molecule has 0 unspecified atom stereocenters. The van der Waals surface area contributed by atoms with Gasteiger partial charge in [0.05, 0.1) is 23.6 Å². The number of carbonyl (C=O) groups is 1. The molecule has 2 heterocycles. The summed E-state index contributed by atoms with van der Waals surface area (Å²) < 4.78 is 28.2. The summed E-state index contributed by atoms with van der Waals surface area (Å²) in [5.74, 6) is -3.16.